The Bertz CT molecular complexity index is 1210. The van der Waals surface area contributed by atoms with Gasteiger partial charge < -0.3 is 26.6 Å². The van der Waals surface area contributed by atoms with E-state index in [4.69, 9.17) is 11.5 Å². The molecule has 0 spiro atoms. The van der Waals surface area contributed by atoms with Gasteiger partial charge in [0.1, 0.15) is 5.82 Å². The van der Waals surface area contributed by atoms with Gasteiger partial charge in [-0.25, -0.2) is 9.59 Å². The van der Waals surface area contributed by atoms with Gasteiger partial charge >= 0.3 is 11.7 Å². The Labute approximate surface area is 209 Å². The molecule has 2 aliphatic carbocycles. The monoisotopic (exact) mass is 494 g/mol. The second kappa shape index (κ2) is 8.99. The molecule has 3 aliphatic rings. The van der Waals surface area contributed by atoms with Gasteiger partial charge in [0.25, 0.3) is 0 Å². The lowest BCUT2D eigenvalue weighted by atomic mass is 9.87. The zero-order chi connectivity index (χ0) is 25.7. The van der Waals surface area contributed by atoms with Crippen LogP contribution in [0, 0.1) is 5.92 Å². The molecule has 192 valence electrons. The standard InChI is InChI=1S/C25H34N8O3/c1-24(2,27)21(34)31-9-11-32(12-10-31)22(35)29-20-7-8-33(23(36)30-20)17-5-3-16(4-6-17)15-28-25-13-18(25)19(26)14-25/h3-8,18-19,28H,9-15,26-27H2,1-2H3,(H,29,30,35,36)/t18?,19-,25?/m0/s1. The molecule has 2 saturated carbocycles. The van der Waals surface area contributed by atoms with Gasteiger partial charge in [-0.05, 0) is 56.4 Å². The zero-order valence-electron chi connectivity index (χ0n) is 20.7. The van der Waals surface area contributed by atoms with Crippen LogP contribution in [-0.4, -0.2) is 74.6 Å². The van der Waals surface area contributed by atoms with Crippen molar-refractivity contribution >= 4 is 17.8 Å². The van der Waals surface area contributed by atoms with Crippen molar-refractivity contribution in [3.8, 4) is 5.69 Å². The fraction of sp³-hybridized carbons (Fsp3) is 0.520. The molecular formula is C25H34N8O3. The second-order valence-corrected chi connectivity index (χ2v) is 10.8. The van der Waals surface area contributed by atoms with Crippen LogP contribution in [0.5, 0.6) is 0 Å². The number of urea groups is 1. The number of hydrogen-bond acceptors (Lipinski definition) is 7. The first-order valence-electron chi connectivity index (χ1n) is 12.4. The Balaban J connectivity index is 1.14. The van der Waals surface area contributed by atoms with Crippen LogP contribution < -0.4 is 27.8 Å². The van der Waals surface area contributed by atoms with Gasteiger partial charge in [-0.3, -0.25) is 14.7 Å². The minimum atomic E-state index is -0.944. The molecule has 0 radical (unpaired) electrons. The number of carbonyl (C=O) groups excluding carboxylic acids is 2. The van der Waals surface area contributed by atoms with Crippen molar-refractivity contribution in [3.05, 3.63) is 52.6 Å². The number of hydrogen-bond donors (Lipinski definition) is 4. The summed E-state index contributed by atoms with van der Waals surface area (Å²) in [5.41, 5.74) is 12.6. The lowest BCUT2D eigenvalue weighted by Crippen LogP contribution is -2.58. The van der Waals surface area contributed by atoms with E-state index >= 15 is 0 Å². The number of benzene rings is 1. The maximum absolute atomic E-state index is 12.6. The van der Waals surface area contributed by atoms with E-state index in [-0.39, 0.29) is 23.3 Å². The molecular weight excluding hydrogens is 460 g/mol. The Kier molecular flexibility index (Phi) is 6.09. The normalized spacial score (nSPS) is 25.1. The minimum Gasteiger partial charge on any atom is -0.338 e. The Morgan fingerprint density at radius 3 is 2.31 bits per heavy atom. The number of nitrogens with zero attached hydrogens (tertiary/aromatic N) is 4. The average Bonchev–Trinajstić information content (AvgIpc) is 3.47. The smallest absolute Gasteiger partial charge is 0.338 e. The molecule has 1 aliphatic heterocycles. The fourth-order valence-corrected chi connectivity index (χ4v) is 5.24. The number of amides is 3. The number of aromatic nitrogens is 2. The van der Waals surface area contributed by atoms with Crippen LogP contribution in [0.3, 0.4) is 0 Å². The summed E-state index contributed by atoms with van der Waals surface area (Å²) >= 11 is 0. The van der Waals surface area contributed by atoms with Crippen LogP contribution >= 0.6 is 0 Å². The highest BCUT2D eigenvalue weighted by Gasteiger charge is 2.65. The average molecular weight is 495 g/mol. The summed E-state index contributed by atoms with van der Waals surface area (Å²) in [4.78, 5) is 44.9. The highest BCUT2D eigenvalue weighted by Crippen LogP contribution is 2.58. The van der Waals surface area contributed by atoms with Crippen LogP contribution in [0.1, 0.15) is 32.3 Å². The van der Waals surface area contributed by atoms with Crippen molar-refractivity contribution in [3.63, 3.8) is 0 Å². The minimum absolute atomic E-state index is 0.142. The van der Waals surface area contributed by atoms with Crippen LogP contribution in [-0.2, 0) is 11.3 Å². The first kappa shape index (κ1) is 24.4. The van der Waals surface area contributed by atoms with Crippen LogP contribution in [0.2, 0.25) is 0 Å². The summed E-state index contributed by atoms with van der Waals surface area (Å²) < 4.78 is 1.44. The number of piperazine rings is 1. The summed E-state index contributed by atoms with van der Waals surface area (Å²) in [5, 5.41) is 6.30. The van der Waals surface area contributed by atoms with Gasteiger partial charge in [0.05, 0.1) is 11.2 Å². The summed E-state index contributed by atoms with van der Waals surface area (Å²) in [7, 11) is 0. The lowest BCUT2D eigenvalue weighted by Gasteiger charge is -2.37. The van der Waals surface area contributed by atoms with Gasteiger partial charge in [0.15, 0.2) is 0 Å². The lowest BCUT2D eigenvalue weighted by molar-refractivity contribution is -0.137. The third-order valence-corrected chi connectivity index (χ3v) is 7.55. The van der Waals surface area contributed by atoms with E-state index in [2.05, 4.69) is 15.6 Å². The predicted octanol–water partition coefficient (Wildman–Crippen LogP) is 0.225. The van der Waals surface area contributed by atoms with E-state index in [0.29, 0.717) is 43.8 Å². The van der Waals surface area contributed by atoms with Gasteiger partial charge in [0, 0.05) is 50.5 Å². The van der Waals surface area contributed by atoms with Crippen molar-refractivity contribution in [2.75, 3.05) is 31.5 Å². The van der Waals surface area contributed by atoms with Crippen molar-refractivity contribution in [1.29, 1.82) is 0 Å². The number of nitrogens with one attached hydrogen (secondary N) is 2. The van der Waals surface area contributed by atoms with Crippen LogP contribution in [0.25, 0.3) is 5.69 Å². The SMILES string of the molecule is CC(C)(N)C(=O)N1CCN(C(=O)Nc2ccn(-c3ccc(CNC45CC4[C@@H](N)C5)cc3)c(=O)n2)CC1. The summed E-state index contributed by atoms with van der Waals surface area (Å²) in [5.74, 6) is 0.662. The van der Waals surface area contributed by atoms with E-state index < -0.39 is 11.2 Å². The summed E-state index contributed by atoms with van der Waals surface area (Å²) in [6.45, 7) is 5.67. The topological polar surface area (TPSA) is 152 Å². The van der Waals surface area contributed by atoms with Gasteiger partial charge in [-0.1, -0.05) is 12.1 Å². The van der Waals surface area contributed by atoms with Crippen molar-refractivity contribution in [2.45, 2.75) is 50.4 Å². The van der Waals surface area contributed by atoms with E-state index in [9.17, 15) is 14.4 Å². The Morgan fingerprint density at radius 1 is 1.08 bits per heavy atom. The molecule has 36 heavy (non-hydrogen) atoms. The van der Waals surface area contributed by atoms with Gasteiger partial charge in [0.2, 0.25) is 5.91 Å². The molecule has 6 N–H and O–H groups in total. The molecule has 1 aromatic carbocycles. The quantitative estimate of drug-likeness (QED) is 0.448. The number of fused-ring (bicyclic) bond motifs is 1. The molecule has 3 atom stereocenters. The van der Waals surface area contributed by atoms with Crippen LogP contribution in [0.15, 0.2) is 41.3 Å². The maximum Gasteiger partial charge on any atom is 0.354 e. The largest absolute Gasteiger partial charge is 0.354 e. The first-order chi connectivity index (χ1) is 17.1. The molecule has 2 unspecified atom stereocenters. The third-order valence-electron chi connectivity index (χ3n) is 7.55. The second-order valence-electron chi connectivity index (χ2n) is 10.8. The predicted molar refractivity (Wildman–Crippen MR) is 136 cm³/mol. The van der Waals surface area contributed by atoms with E-state index in [1.54, 1.807) is 35.9 Å². The van der Waals surface area contributed by atoms with E-state index in [0.717, 1.165) is 18.5 Å². The number of rotatable bonds is 6. The van der Waals surface area contributed by atoms with Crippen molar-refractivity contribution in [2.24, 2.45) is 17.4 Å². The summed E-state index contributed by atoms with van der Waals surface area (Å²) in [6, 6.07) is 9.34. The van der Waals surface area contributed by atoms with E-state index in [1.165, 1.54) is 11.0 Å². The van der Waals surface area contributed by atoms with E-state index in [1.807, 2.05) is 24.3 Å². The molecule has 2 heterocycles. The molecule has 2 aromatic rings. The number of carbonyl (C=O) groups is 2. The van der Waals surface area contributed by atoms with Crippen molar-refractivity contribution < 1.29 is 9.59 Å². The highest BCUT2D eigenvalue weighted by molar-refractivity contribution is 5.89. The third kappa shape index (κ3) is 4.73. The summed E-state index contributed by atoms with van der Waals surface area (Å²) in [6.07, 6.45) is 3.81. The molecule has 5 rings (SSSR count). The zero-order valence-corrected chi connectivity index (χ0v) is 20.7. The number of anilines is 1. The molecule has 11 nitrogen and oxygen atoms in total. The molecule has 3 fully saturated rings. The molecule has 1 aromatic heterocycles. The Morgan fingerprint density at radius 2 is 1.75 bits per heavy atom. The molecule has 11 heteroatoms. The Hall–Kier alpha value is -3.28. The van der Waals surface area contributed by atoms with Crippen molar-refractivity contribution in [1.82, 2.24) is 24.7 Å². The maximum atomic E-state index is 12.6. The van der Waals surface area contributed by atoms with Gasteiger partial charge in [-0.15, -0.1) is 0 Å². The highest BCUT2D eigenvalue weighted by atomic mass is 16.2. The molecule has 0 bridgehead atoms. The first-order valence-corrected chi connectivity index (χ1v) is 12.4. The van der Waals surface area contributed by atoms with Crippen LogP contribution in [0.4, 0.5) is 10.6 Å². The number of nitrogens with two attached hydrogens (primary N) is 2. The molecule has 3 amide bonds. The fourth-order valence-electron chi connectivity index (χ4n) is 5.24. The molecule has 1 saturated heterocycles. The van der Waals surface area contributed by atoms with Gasteiger partial charge in [-0.2, -0.15) is 4.98 Å².